The number of hydrogen-bond donors (Lipinski definition) is 2. The second-order valence-electron chi connectivity index (χ2n) is 5.47. The molecule has 1 heterocycles. The lowest BCUT2D eigenvalue weighted by Crippen LogP contribution is -2.28. The number of nitrogens with zero attached hydrogens (tertiary/aromatic N) is 1. The molecule has 1 amide bonds. The van der Waals surface area contributed by atoms with E-state index in [1.165, 1.54) is 43.1 Å². The summed E-state index contributed by atoms with van der Waals surface area (Å²) in [6.45, 7) is 1.70. The average molecular weight is 369 g/mol. The Bertz CT molecular complexity index is 893. The first-order valence-electron chi connectivity index (χ1n) is 7.43. The Morgan fingerprint density at radius 3 is 2.56 bits per heavy atom. The monoisotopic (exact) mass is 369 g/mol. The van der Waals surface area contributed by atoms with Crippen molar-refractivity contribution < 1.29 is 22.3 Å². The normalized spacial score (nSPS) is 12.7. The van der Waals surface area contributed by atoms with Crippen LogP contribution in [0, 0.1) is 5.82 Å². The second kappa shape index (κ2) is 7.24. The van der Waals surface area contributed by atoms with Crippen molar-refractivity contribution in [2.24, 2.45) is 7.05 Å². The Hall–Kier alpha value is -2.39. The largest absolute Gasteiger partial charge is 0.494 e. The Morgan fingerprint density at radius 2 is 2.00 bits per heavy atom. The summed E-state index contributed by atoms with van der Waals surface area (Å²) in [6.07, 6.45) is 1.35. The number of carbonyl (C=O) groups excluding carboxylic acids is 1. The number of nitrogens with one attached hydrogen (secondary N) is 2. The third kappa shape index (κ3) is 3.99. The molecule has 0 aliphatic heterocycles. The quantitative estimate of drug-likeness (QED) is 0.809. The summed E-state index contributed by atoms with van der Waals surface area (Å²) in [5.74, 6) is -0.877. The third-order valence-electron chi connectivity index (χ3n) is 3.81. The summed E-state index contributed by atoms with van der Waals surface area (Å²) >= 11 is 0. The number of sulfonamides is 1. The van der Waals surface area contributed by atoms with Gasteiger partial charge >= 0.3 is 0 Å². The molecule has 0 radical (unpaired) electrons. The summed E-state index contributed by atoms with van der Waals surface area (Å²) in [4.78, 5) is 12.4. The van der Waals surface area contributed by atoms with E-state index in [-0.39, 0.29) is 16.3 Å². The van der Waals surface area contributed by atoms with Gasteiger partial charge in [0.25, 0.3) is 5.91 Å². The molecule has 2 N–H and O–H groups in total. The Kier molecular flexibility index (Phi) is 5.48. The number of rotatable bonds is 6. The minimum Gasteiger partial charge on any atom is -0.494 e. The minimum absolute atomic E-state index is 0.00852. The number of carbonyl (C=O) groups is 1. The maximum Gasteiger partial charge on any atom is 0.268 e. The van der Waals surface area contributed by atoms with Crippen molar-refractivity contribution in [1.29, 1.82) is 0 Å². The molecule has 0 aliphatic rings. The first-order chi connectivity index (χ1) is 11.7. The van der Waals surface area contributed by atoms with Gasteiger partial charge in [-0.1, -0.05) is 6.07 Å². The van der Waals surface area contributed by atoms with E-state index in [0.717, 1.165) is 0 Å². The fraction of sp³-hybridized carbons (Fsp3) is 0.312. The summed E-state index contributed by atoms with van der Waals surface area (Å²) in [7, 11) is 0.594. The molecule has 2 aromatic rings. The molecule has 0 bridgehead atoms. The van der Waals surface area contributed by atoms with E-state index in [9.17, 15) is 17.6 Å². The van der Waals surface area contributed by atoms with Gasteiger partial charge in [0.15, 0.2) is 11.6 Å². The zero-order valence-corrected chi connectivity index (χ0v) is 15.1. The summed E-state index contributed by atoms with van der Waals surface area (Å²) in [5.41, 5.74) is 0.735. The molecule has 0 spiro atoms. The topological polar surface area (TPSA) is 89.4 Å². The van der Waals surface area contributed by atoms with Crippen LogP contribution in [0.2, 0.25) is 0 Å². The van der Waals surface area contributed by atoms with Crippen molar-refractivity contribution in [3.8, 4) is 5.75 Å². The van der Waals surface area contributed by atoms with Gasteiger partial charge in [-0.15, -0.1) is 0 Å². The Balaban J connectivity index is 2.21. The van der Waals surface area contributed by atoms with Crippen LogP contribution in [-0.4, -0.2) is 33.0 Å². The number of methoxy groups -OCH3 is 1. The van der Waals surface area contributed by atoms with Crippen LogP contribution in [0.25, 0.3) is 0 Å². The van der Waals surface area contributed by atoms with Gasteiger partial charge in [-0.3, -0.25) is 4.79 Å². The summed E-state index contributed by atoms with van der Waals surface area (Å²) in [5, 5.41) is 2.72. The highest BCUT2D eigenvalue weighted by Gasteiger charge is 2.20. The van der Waals surface area contributed by atoms with Crippen LogP contribution in [-0.2, 0) is 17.1 Å². The number of benzene rings is 1. The summed E-state index contributed by atoms with van der Waals surface area (Å²) in [6, 6.07) is 5.21. The van der Waals surface area contributed by atoms with Gasteiger partial charge in [-0.25, -0.2) is 17.5 Å². The molecule has 0 fully saturated rings. The van der Waals surface area contributed by atoms with Crippen LogP contribution < -0.4 is 14.8 Å². The number of aromatic nitrogens is 1. The fourth-order valence-electron chi connectivity index (χ4n) is 2.33. The van der Waals surface area contributed by atoms with Crippen molar-refractivity contribution in [3.05, 3.63) is 47.5 Å². The van der Waals surface area contributed by atoms with Crippen LogP contribution >= 0.6 is 0 Å². The number of amides is 1. The first kappa shape index (κ1) is 18.9. The molecular weight excluding hydrogens is 349 g/mol. The number of hydrogen-bond acceptors (Lipinski definition) is 4. The molecule has 0 saturated carbocycles. The number of halogens is 1. The van der Waals surface area contributed by atoms with Crippen molar-refractivity contribution in [3.63, 3.8) is 0 Å². The molecule has 9 heteroatoms. The predicted molar refractivity (Wildman–Crippen MR) is 90.5 cm³/mol. The van der Waals surface area contributed by atoms with E-state index in [1.807, 2.05) is 0 Å². The van der Waals surface area contributed by atoms with Crippen LogP contribution in [0.1, 0.15) is 29.0 Å². The SMILES string of the molecule is CNS(=O)(=O)c1cc(C(=O)NC(C)c2ccc(OC)c(F)c2)n(C)c1. The van der Waals surface area contributed by atoms with Gasteiger partial charge < -0.3 is 14.6 Å². The first-order valence-corrected chi connectivity index (χ1v) is 8.92. The average Bonchev–Trinajstić information content (AvgIpc) is 2.97. The van der Waals surface area contributed by atoms with Crippen LogP contribution in [0.3, 0.4) is 0 Å². The van der Waals surface area contributed by atoms with Crippen LogP contribution in [0.4, 0.5) is 4.39 Å². The van der Waals surface area contributed by atoms with Gasteiger partial charge in [-0.2, -0.15) is 0 Å². The second-order valence-corrected chi connectivity index (χ2v) is 7.36. The zero-order chi connectivity index (χ0) is 18.8. The Morgan fingerprint density at radius 1 is 1.32 bits per heavy atom. The van der Waals surface area contributed by atoms with Crippen molar-refractivity contribution in [2.45, 2.75) is 17.9 Å². The van der Waals surface area contributed by atoms with E-state index < -0.39 is 27.8 Å². The molecular formula is C16H20FN3O4S. The van der Waals surface area contributed by atoms with Crippen LogP contribution in [0.5, 0.6) is 5.75 Å². The van der Waals surface area contributed by atoms with E-state index in [0.29, 0.717) is 5.56 Å². The third-order valence-corrected chi connectivity index (χ3v) is 5.20. The lowest BCUT2D eigenvalue weighted by molar-refractivity contribution is 0.0931. The Labute approximate surface area is 145 Å². The smallest absolute Gasteiger partial charge is 0.268 e. The van der Waals surface area contributed by atoms with Gasteiger partial charge in [0, 0.05) is 13.2 Å². The molecule has 2 rings (SSSR count). The molecule has 25 heavy (non-hydrogen) atoms. The summed E-state index contributed by atoms with van der Waals surface area (Å²) < 4.78 is 45.9. The van der Waals surface area contributed by atoms with Gasteiger partial charge in [0.1, 0.15) is 10.6 Å². The fourth-order valence-corrected chi connectivity index (χ4v) is 3.13. The highest BCUT2D eigenvalue weighted by atomic mass is 32.2. The van der Waals surface area contributed by atoms with Crippen molar-refractivity contribution >= 4 is 15.9 Å². The minimum atomic E-state index is -3.64. The highest BCUT2D eigenvalue weighted by Crippen LogP contribution is 2.22. The molecule has 7 nitrogen and oxygen atoms in total. The molecule has 0 saturated heterocycles. The van der Waals surface area contributed by atoms with Gasteiger partial charge in [-0.05, 0) is 37.7 Å². The van der Waals surface area contributed by atoms with Crippen molar-refractivity contribution in [1.82, 2.24) is 14.6 Å². The van der Waals surface area contributed by atoms with Gasteiger partial charge in [0.2, 0.25) is 10.0 Å². The van der Waals surface area contributed by atoms with Gasteiger partial charge in [0.05, 0.1) is 13.2 Å². The van der Waals surface area contributed by atoms with E-state index in [2.05, 4.69) is 10.0 Å². The van der Waals surface area contributed by atoms with E-state index in [1.54, 1.807) is 20.0 Å². The molecule has 1 aromatic carbocycles. The lowest BCUT2D eigenvalue weighted by Gasteiger charge is -2.15. The predicted octanol–water partition coefficient (Wildman–Crippen LogP) is 1.57. The van der Waals surface area contributed by atoms with Crippen LogP contribution in [0.15, 0.2) is 35.4 Å². The van der Waals surface area contributed by atoms with E-state index in [4.69, 9.17) is 4.74 Å². The maximum atomic E-state index is 13.8. The molecule has 1 unspecified atom stereocenters. The maximum absolute atomic E-state index is 13.8. The number of aryl methyl sites for hydroxylation is 1. The van der Waals surface area contributed by atoms with E-state index >= 15 is 0 Å². The highest BCUT2D eigenvalue weighted by molar-refractivity contribution is 7.89. The number of ether oxygens (including phenoxy) is 1. The molecule has 1 atom stereocenters. The molecule has 1 aromatic heterocycles. The standard InChI is InChI=1S/C16H20FN3O4S/c1-10(11-5-6-15(24-4)13(17)7-11)19-16(21)14-8-12(9-20(14)3)25(22,23)18-2/h5-10,18H,1-4H3,(H,19,21). The zero-order valence-electron chi connectivity index (χ0n) is 14.3. The molecule has 136 valence electrons. The lowest BCUT2D eigenvalue weighted by atomic mass is 10.1. The molecule has 0 aliphatic carbocycles. The van der Waals surface area contributed by atoms with Crippen molar-refractivity contribution in [2.75, 3.05) is 14.2 Å².